The highest BCUT2D eigenvalue weighted by Crippen LogP contribution is 2.32. The monoisotopic (exact) mass is 356 g/mol. The van der Waals surface area contributed by atoms with E-state index in [1.54, 1.807) is 19.1 Å². The first-order valence-electron chi connectivity index (χ1n) is 6.60. The van der Waals surface area contributed by atoms with Crippen molar-refractivity contribution in [3.8, 4) is 5.75 Å². The van der Waals surface area contributed by atoms with Gasteiger partial charge in [0, 0.05) is 10.0 Å². The van der Waals surface area contributed by atoms with Crippen LogP contribution in [0.2, 0.25) is 0 Å². The molecule has 0 spiro atoms. The van der Waals surface area contributed by atoms with Crippen molar-refractivity contribution in [2.24, 2.45) is 0 Å². The summed E-state index contributed by atoms with van der Waals surface area (Å²) in [5.74, 6) is -0.206. The normalized spacial score (nSPS) is 12.7. The summed E-state index contributed by atoms with van der Waals surface area (Å²) >= 11 is 3.28. The van der Waals surface area contributed by atoms with Gasteiger partial charge in [0.15, 0.2) is 17.6 Å². The van der Waals surface area contributed by atoms with Crippen LogP contribution in [-0.2, 0) is 4.79 Å². The summed E-state index contributed by atoms with van der Waals surface area (Å²) in [4.78, 5) is 23.7. The van der Waals surface area contributed by atoms with E-state index in [4.69, 9.17) is 10.5 Å². The number of ether oxygens (including phenoxy) is 1. The van der Waals surface area contributed by atoms with Crippen molar-refractivity contribution in [2.75, 3.05) is 5.73 Å². The van der Waals surface area contributed by atoms with E-state index in [-0.39, 0.29) is 23.0 Å². The van der Waals surface area contributed by atoms with E-state index in [9.17, 15) is 9.59 Å². The van der Waals surface area contributed by atoms with Gasteiger partial charge in [-0.25, -0.2) is 0 Å². The highest BCUT2D eigenvalue weighted by atomic mass is 79.9. The molecular formula is C15H21BrN2O3. The molecule has 1 amide bonds. The number of hydrogen-bond donors (Lipinski definition) is 2. The number of nitrogens with one attached hydrogen (secondary N) is 1. The Hall–Kier alpha value is -1.56. The number of Topliss-reactive ketones (excluding diaryl/α,β-unsaturated/α-hetero) is 1. The smallest absolute Gasteiger partial charge is 0.261 e. The Balaban J connectivity index is 3.02. The third-order valence-electron chi connectivity index (χ3n) is 2.62. The minimum Gasteiger partial charge on any atom is -0.478 e. The second kappa shape index (κ2) is 6.47. The van der Waals surface area contributed by atoms with Crippen LogP contribution in [-0.4, -0.2) is 23.3 Å². The predicted octanol–water partition coefficient (Wildman–Crippen LogP) is 2.92. The van der Waals surface area contributed by atoms with Crippen molar-refractivity contribution >= 4 is 33.3 Å². The maximum Gasteiger partial charge on any atom is 0.261 e. The van der Waals surface area contributed by atoms with Crippen LogP contribution in [0.5, 0.6) is 5.75 Å². The zero-order chi connectivity index (χ0) is 16.4. The lowest BCUT2D eigenvalue weighted by Gasteiger charge is -2.24. The fraction of sp³-hybridized carbons (Fsp3) is 0.467. The molecule has 0 aromatic heterocycles. The molecule has 0 saturated carbocycles. The van der Waals surface area contributed by atoms with Crippen LogP contribution in [0.15, 0.2) is 16.6 Å². The van der Waals surface area contributed by atoms with Crippen molar-refractivity contribution in [1.29, 1.82) is 0 Å². The van der Waals surface area contributed by atoms with Gasteiger partial charge in [0.05, 0.1) is 11.3 Å². The molecule has 3 N–H and O–H groups in total. The summed E-state index contributed by atoms with van der Waals surface area (Å²) in [6.45, 7) is 8.69. The maximum absolute atomic E-state index is 12.1. The first-order chi connectivity index (χ1) is 9.51. The first-order valence-corrected chi connectivity index (χ1v) is 7.39. The summed E-state index contributed by atoms with van der Waals surface area (Å²) in [5.41, 5.74) is 6.19. The Labute approximate surface area is 133 Å². The highest BCUT2D eigenvalue weighted by Gasteiger charge is 2.23. The number of hydrogen-bond acceptors (Lipinski definition) is 4. The van der Waals surface area contributed by atoms with E-state index >= 15 is 0 Å². The molecule has 1 atom stereocenters. The number of nitrogens with two attached hydrogens (primary N) is 1. The third-order valence-corrected chi connectivity index (χ3v) is 3.08. The van der Waals surface area contributed by atoms with Gasteiger partial charge in [-0.15, -0.1) is 0 Å². The van der Waals surface area contributed by atoms with E-state index in [1.165, 1.54) is 6.92 Å². The number of carbonyl (C=O) groups excluding carboxylic acids is 2. The van der Waals surface area contributed by atoms with Crippen LogP contribution in [0.1, 0.15) is 45.0 Å². The minimum absolute atomic E-state index is 0.179. The summed E-state index contributed by atoms with van der Waals surface area (Å²) < 4.78 is 6.31. The largest absolute Gasteiger partial charge is 0.478 e. The topological polar surface area (TPSA) is 81.4 Å². The van der Waals surface area contributed by atoms with Gasteiger partial charge in [-0.2, -0.15) is 0 Å². The van der Waals surface area contributed by atoms with Crippen molar-refractivity contribution in [3.63, 3.8) is 0 Å². The van der Waals surface area contributed by atoms with Crippen molar-refractivity contribution in [1.82, 2.24) is 5.32 Å². The molecule has 6 heteroatoms. The summed E-state index contributed by atoms with van der Waals surface area (Å²) in [7, 11) is 0. The molecular weight excluding hydrogens is 336 g/mol. The van der Waals surface area contributed by atoms with Gasteiger partial charge in [0.2, 0.25) is 0 Å². The standard InChI is InChI=1S/C15H21BrN2O3/c1-8(19)11-6-10(16)7-12(17)13(11)21-9(2)14(20)18-15(3,4)5/h6-7,9H,17H2,1-5H3,(H,18,20). The van der Waals surface area contributed by atoms with Crippen LogP contribution in [0, 0.1) is 0 Å². The third kappa shape index (κ3) is 5.04. The Kier molecular flexibility index (Phi) is 5.39. The Morgan fingerprint density at radius 1 is 1.33 bits per heavy atom. The Bertz CT molecular complexity index is 565. The average molecular weight is 357 g/mol. The van der Waals surface area contributed by atoms with Crippen LogP contribution in [0.4, 0.5) is 5.69 Å². The number of benzene rings is 1. The number of nitrogen functional groups attached to an aromatic ring is 1. The average Bonchev–Trinajstić information content (AvgIpc) is 2.29. The fourth-order valence-electron chi connectivity index (χ4n) is 1.71. The lowest BCUT2D eigenvalue weighted by atomic mass is 10.1. The molecule has 0 aliphatic carbocycles. The molecule has 116 valence electrons. The lowest BCUT2D eigenvalue weighted by Crippen LogP contribution is -2.46. The van der Waals surface area contributed by atoms with Crippen molar-refractivity contribution in [2.45, 2.75) is 46.3 Å². The van der Waals surface area contributed by atoms with Gasteiger partial charge >= 0.3 is 0 Å². The van der Waals surface area contributed by atoms with Gasteiger partial charge in [0.1, 0.15) is 0 Å². The fourth-order valence-corrected chi connectivity index (χ4v) is 2.18. The second-order valence-corrected chi connectivity index (χ2v) is 6.84. The molecule has 5 nitrogen and oxygen atoms in total. The molecule has 1 aromatic carbocycles. The molecule has 0 fully saturated rings. The predicted molar refractivity (Wildman–Crippen MR) is 86.5 cm³/mol. The maximum atomic E-state index is 12.1. The molecule has 1 unspecified atom stereocenters. The minimum atomic E-state index is -0.759. The zero-order valence-corrected chi connectivity index (χ0v) is 14.5. The number of ketones is 1. The quantitative estimate of drug-likeness (QED) is 0.641. The van der Waals surface area contributed by atoms with Crippen molar-refractivity contribution < 1.29 is 14.3 Å². The van der Waals surface area contributed by atoms with E-state index < -0.39 is 6.10 Å². The summed E-state index contributed by atoms with van der Waals surface area (Å²) in [6, 6.07) is 3.26. The molecule has 0 aliphatic rings. The number of carbonyl (C=O) groups is 2. The zero-order valence-electron chi connectivity index (χ0n) is 12.9. The van der Waals surface area contributed by atoms with Gasteiger partial charge < -0.3 is 15.8 Å². The number of anilines is 1. The Morgan fingerprint density at radius 3 is 2.38 bits per heavy atom. The molecule has 1 rings (SSSR count). The number of amides is 1. The second-order valence-electron chi connectivity index (χ2n) is 5.93. The summed E-state index contributed by atoms with van der Waals surface area (Å²) in [6.07, 6.45) is -0.759. The number of rotatable bonds is 4. The van der Waals surface area contributed by atoms with E-state index in [0.29, 0.717) is 15.7 Å². The lowest BCUT2D eigenvalue weighted by molar-refractivity contribution is -0.128. The van der Waals surface area contributed by atoms with E-state index in [2.05, 4.69) is 21.2 Å². The van der Waals surface area contributed by atoms with E-state index in [1.807, 2.05) is 20.8 Å². The molecule has 0 radical (unpaired) electrons. The van der Waals surface area contributed by atoms with Crippen LogP contribution in [0.3, 0.4) is 0 Å². The van der Waals surface area contributed by atoms with Gasteiger partial charge in [-0.3, -0.25) is 9.59 Å². The SMILES string of the molecule is CC(=O)c1cc(Br)cc(N)c1OC(C)C(=O)NC(C)(C)C. The van der Waals surface area contributed by atoms with Gasteiger partial charge in [0.25, 0.3) is 5.91 Å². The molecule has 0 heterocycles. The first kappa shape index (κ1) is 17.5. The highest BCUT2D eigenvalue weighted by molar-refractivity contribution is 9.10. The van der Waals surface area contributed by atoms with Gasteiger partial charge in [-0.1, -0.05) is 15.9 Å². The van der Waals surface area contributed by atoms with E-state index in [0.717, 1.165) is 0 Å². The Morgan fingerprint density at radius 2 is 1.90 bits per heavy atom. The van der Waals surface area contributed by atoms with Crippen molar-refractivity contribution in [3.05, 3.63) is 22.2 Å². The molecule has 1 aromatic rings. The molecule has 0 aliphatic heterocycles. The van der Waals surface area contributed by atoms with Crippen LogP contribution < -0.4 is 15.8 Å². The molecule has 0 saturated heterocycles. The molecule has 0 bridgehead atoms. The summed E-state index contributed by atoms with van der Waals surface area (Å²) in [5, 5.41) is 2.82. The number of halogens is 1. The van der Waals surface area contributed by atoms with Crippen LogP contribution >= 0.6 is 15.9 Å². The van der Waals surface area contributed by atoms with Crippen LogP contribution in [0.25, 0.3) is 0 Å². The van der Waals surface area contributed by atoms with Gasteiger partial charge in [-0.05, 0) is 46.8 Å². The molecule has 21 heavy (non-hydrogen) atoms.